The van der Waals surface area contributed by atoms with Crippen LogP contribution in [0.25, 0.3) is 16.6 Å². The van der Waals surface area contributed by atoms with Gasteiger partial charge in [-0.1, -0.05) is 26.0 Å². The van der Waals surface area contributed by atoms with E-state index in [4.69, 9.17) is 9.72 Å². The molecule has 4 aromatic rings. The van der Waals surface area contributed by atoms with Crippen molar-refractivity contribution in [3.8, 4) is 11.4 Å². The summed E-state index contributed by atoms with van der Waals surface area (Å²) < 4.78 is 49.4. The number of benzene rings is 3. The van der Waals surface area contributed by atoms with Gasteiger partial charge in [0.2, 0.25) is 10.0 Å². The van der Waals surface area contributed by atoms with Crippen molar-refractivity contribution in [2.24, 2.45) is 5.92 Å². The van der Waals surface area contributed by atoms with Crippen LogP contribution in [-0.2, 0) is 10.0 Å². The Morgan fingerprint density at radius 1 is 0.973 bits per heavy atom. The third-order valence-corrected chi connectivity index (χ3v) is 7.93. The Balaban J connectivity index is 1.93. The van der Waals surface area contributed by atoms with E-state index in [1.54, 1.807) is 55.5 Å². The summed E-state index contributed by atoms with van der Waals surface area (Å²) in [5.41, 5.74) is 0.706. The van der Waals surface area contributed by atoms with E-state index in [1.165, 1.54) is 21.0 Å². The lowest BCUT2D eigenvalue weighted by Crippen LogP contribution is -2.39. The van der Waals surface area contributed by atoms with Gasteiger partial charge in [0.1, 0.15) is 17.4 Å². The zero-order valence-corrected chi connectivity index (χ0v) is 22.1. The molecular weight excluding hydrogens is 493 g/mol. The van der Waals surface area contributed by atoms with Crippen molar-refractivity contribution in [1.29, 1.82) is 0 Å². The number of hydrogen-bond acceptors (Lipinski definition) is 5. The summed E-state index contributed by atoms with van der Waals surface area (Å²) in [5, 5.41) is 0.420. The van der Waals surface area contributed by atoms with E-state index in [1.807, 2.05) is 20.8 Å². The molecule has 4 rings (SSSR count). The average Bonchev–Trinajstić information content (AvgIpc) is 2.88. The SMILES string of the molecule is CCOc1ccc(-n2c(C(C)N(CC(C)C)S(=O)(=O)c3ccc(F)cc3)nc3ccccc3c2=O)cc1. The molecule has 0 aliphatic carbocycles. The van der Waals surface area contributed by atoms with Crippen LogP contribution in [0.4, 0.5) is 4.39 Å². The normalized spacial score (nSPS) is 12.8. The Kier molecular flexibility index (Phi) is 7.75. The number of fused-ring (bicyclic) bond motifs is 1. The third-order valence-electron chi connectivity index (χ3n) is 5.98. The van der Waals surface area contributed by atoms with Crippen LogP contribution in [0.2, 0.25) is 0 Å². The molecule has 0 fully saturated rings. The molecular formula is C28H30FN3O4S. The maximum atomic E-state index is 13.8. The molecule has 0 saturated carbocycles. The lowest BCUT2D eigenvalue weighted by molar-refractivity contribution is 0.296. The molecule has 0 aliphatic heterocycles. The van der Waals surface area contributed by atoms with Crippen molar-refractivity contribution in [2.45, 2.75) is 38.6 Å². The molecule has 37 heavy (non-hydrogen) atoms. The highest BCUT2D eigenvalue weighted by molar-refractivity contribution is 7.89. The number of rotatable bonds is 9. The van der Waals surface area contributed by atoms with Gasteiger partial charge >= 0.3 is 0 Å². The summed E-state index contributed by atoms with van der Waals surface area (Å²) in [7, 11) is -4.05. The molecule has 0 spiro atoms. The average molecular weight is 524 g/mol. The summed E-state index contributed by atoms with van der Waals surface area (Å²) in [6.07, 6.45) is 0. The van der Waals surface area contributed by atoms with Gasteiger partial charge in [-0.05, 0) is 80.4 Å². The highest BCUT2D eigenvalue weighted by atomic mass is 32.2. The highest BCUT2D eigenvalue weighted by Gasteiger charge is 2.33. The molecule has 0 amide bonds. The first-order chi connectivity index (χ1) is 17.6. The predicted octanol–water partition coefficient (Wildman–Crippen LogP) is 5.33. The second-order valence-corrected chi connectivity index (χ2v) is 11.0. The van der Waals surface area contributed by atoms with Gasteiger partial charge < -0.3 is 4.74 Å². The van der Waals surface area contributed by atoms with Crippen LogP contribution in [0.15, 0.2) is 82.5 Å². The third kappa shape index (κ3) is 5.42. The Hall–Kier alpha value is -3.56. The lowest BCUT2D eigenvalue weighted by atomic mass is 10.1. The van der Waals surface area contributed by atoms with E-state index in [9.17, 15) is 17.6 Å². The minimum atomic E-state index is -4.05. The van der Waals surface area contributed by atoms with Gasteiger partial charge in [-0.15, -0.1) is 0 Å². The van der Waals surface area contributed by atoms with Crippen LogP contribution in [-0.4, -0.2) is 35.4 Å². The van der Waals surface area contributed by atoms with Crippen molar-refractivity contribution in [3.05, 3.63) is 94.8 Å². The van der Waals surface area contributed by atoms with Crippen molar-refractivity contribution in [1.82, 2.24) is 13.9 Å². The van der Waals surface area contributed by atoms with Gasteiger partial charge in [0.05, 0.1) is 34.1 Å². The molecule has 9 heteroatoms. The fourth-order valence-corrected chi connectivity index (χ4v) is 5.99. The minimum absolute atomic E-state index is 0.0243. The number of halogens is 1. The molecule has 0 radical (unpaired) electrons. The van der Waals surface area contributed by atoms with Crippen LogP contribution < -0.4 is 10.3 Å². The van der Waals surface area contributed by atoms with Gasteiger partial charge in [0.25, 0.3) is 5.56 Å². The molecule has 7 nitrogen and oxygen atoms in total. The fourth-order valence-electron chi connectivity index (χ4n) is 4.23. The molecule has 0 saturated heterocycles. The monoisotopic (exact) mass is 523 g/mol. The van der Waals surface area contributed by atoms with Crippen LogP contribution in [0, 0.1) is 11.7 Å². The Bertz CT molecular complexity index is 1550. The van der Waals surface area contributed by atoms with Gasteiger partial charge in [0.15, 0.2) is 0 Å². The molecule has 1 aromatic heterocycles. The molecule has 0 bridgehead atoms. The van der Waals surface area contributed by atoms with Crippen molar-refractivity contribution >= 4 is 20.9 Å². The number of para-hydroxylation sites is 1. The number of nitrogens with zero attached hydrogens (tertiary/aromatic N) is 3. The van der Waals surface area contributed by atoms with Crippen LogP contribution in [0.5, 0.6) is 5.75 Å². The molecule has 0 aliphatic rings. The number of sulfonamides is 1. The predicted molar refractivity (Wildman–Crippen MR) is 142 cm³/mol. The first-order valence-corrected chi connectivity index (χ1v) is 13.6. The molecule has 194 valence electrons. The summed E-state index contributed by atoms with van der Waals surface area (Å²) in [6, 6.07) is 17.9. The largest absolute Gasteiger partial charge is 0.494 e. The highest BCUT2D eigenvalue weighted by Crippen LogP contribution is 2.30. The van der Waals surface area contributed by atoms with E-state index in [0.29, 0.717) is 28.9 Å². The molecule has 1 atom stereocenters. The van der Waals surface area contributed by atoms with Crippen molar-refractivity contribution in [2.75, 3.05) is 13.2 Å². The summed E-state index contributed by atoms with van der Waals surface area (Å²) >= 11 is 0. The quantitative estimate of drug-likeness (QED) is 0.296. The van der Waals surface area contributed by atoms with Crippen LogP contribution >= 0.6 is 0 Å². The Morgan fingerprint density at radius 2 is 1.62 bits per heavy atom. The lowest BCUT2D eigenvalue weighted by Gasteiger charge is -2.31. The van der Waals surface area contributed by atoms with E-state index >= 15 is 0 Å². The minimum Gasteiger partial charge on any atom is -0.494 e. The van der Waals surface area contributed by atoms with E-state index in [2.05, 4.69) is 0 Å². The number of ether oxygens (including phenoxy) is 1. The van der Waals surface area contributed by atoms with Crippen molar-refractivity contribution in [3.63, 3.8) is 0 Å². The molecule has 0 N–H and O–H groups in total. The van der Waals surface area contributed by atoms with Gasteiger partial charge in [0, 0.05) is 6.54 Å². The van der Waals surface area contributed by atoms with Crippen LogP contribution in [0.3, 0.4) is 0 Å². The molecule has 3 aromatic carbocycles. The number of aromatic nitrogens is 2. The topological polar surface area (TPSA) is 81.5 Å². The first kappa shape index (κ1) is 26.5. The zero-order valence-electron chi connectivity index (χ0n) is 21.3. The fraction of sp³-hybridized carbons (Fsp3) is 0.286. The smallest absolute Gasteiger partial charge is 0.266 e. The van der Waals surface area contributed by atoms with Crippen molar-refractivity contribution < 1.29 is 17.5 Å². The molecule has 1 heterocycles. The van der Waals surface area contributed by atoms with E-state index in [0.717, 1.165) is 12.1 Å². The zero-order chi connectivity index (χ0) is 26.7. The van der Waals surface area contributed by atoms with Gasteiger partial charge in [-0.2, -0.15) is 4.31 Å². The van der Waals surface area contributed by atoms with Gasteiger partial charge in [-0.3, -0.25) is 9.36 Å². The van der Waals surface area contributed by atoms with Crippen LogP contribution in [0.1, 0.15) is 39.6 Å². The van der Waals surface area contributed by atoms with E-state index in [-0.39, 0.29) is 28.7 Å². The summed E-state index contributed by atoms with van der Waals surface area (Å²) in [6.45, 7) is 8.10. The first-order valence-electron chi connectivity index (χ1n) is 12.2. The second kappa shape index (κ2) is 10.8. The molecule has 1 unspecified atom stereocenters. The summed E-state index contributed by atoms with van der Waals surface area (Å²) in [4.78, 5) is 18.5. The maximum Gasteiger partial charge on any atom is 0.266 e. The summed E-state index contributed by atoms with van der Waals surface area (Å²) in [5.74, 6) is 0.383. The Labute approximate surface area is 216 Å². The Morgan fingerprint density at radius 3 is 2.24 bits per heavy atom. The standard InChI is InChI=1S/C28H30FN3O4S/c1-5-36-23-14-12-22(13-15-23)32-27(30-26-9-7-6-8-25(26)28(32)33)20(4)31(18-19(2)3)37(34,35)24-16-10-21(29)11-17-24/h6-17,19-20H,5,18H2,1-4H3. The maximum absolute atomic E-state index is 13.8. The van der Waals surface area contributed by atoms with Gasteiger partial charge in [-0.25, -0.2) is 17.8 Å². The van der Waals surface area contributed by atoms with E-state index < -0.39 is 21.9 Å². The number of hydrogen-bond donors (Lipinski definition) is 0. The second-order valence-electron chi connectivity index (χ2n) is 9.15.